The fourth-order valence-corrected chi connectivity index (χ4v) is 4.13. The highest BCUT2D eigenvalue weighted by atomic mass is 32.1. The van der Waals surface area contributed by atoms with E-state index in [0.717, 1.165) is 35.9 Å². The average Bonchev–Trinajstić information content (AvgIpc) is 2.84. The maximum Gasteiger partial charge on any atom is 0.229 e. The number of guanidine groups is 1. The van der Waals surface area contributed by atoms with Gasteiger partial charge in [-0.05, 0) is 87.6 Å². The van der Waals surface area contributed by atoms with Crippen LogP contribution >= 0.6 is 12.2 Å². The van der Waals surface area contributed by atoms with Crippen molar-refractivity contribution in [1.82, 2.24) is 14.9 Å². The fraction of sp³-hybridized carbons (Fsp3) is 0.269. The van der Waals surface area contributed by atoms with E-state index >= 15 is 0 Å². The topological polar surface area (TPSA) is 85.7 Å². The second-order valence-corrected chi connectivity index (χ2v) is 8.94. The molecular weight excluding hydrogens is 477 g/mol. The van der Waals surface area contributed by atoms with E-state index in [1.807, 2.05) is 19.9 Å². The number of carbonyl (C=O) groups excluding carboxylic acids is 1. The van der Waals surface area contributed by atoms with E-state index in [-0.39, 0.29) is 16.7 Å². The van der Waals surface area contributed by atoms with Crippen LogP contribution in [0.4, 0.5) is 21.7 Å². The summed E-state index contributed by atoms with van der Waals surface area (Å²) < 4.78 is 13.3. The van der Waals surface area contributed by atoms with Gasteiger partial charge in [0.05, 0.1) is 0 Å². The summed E-state index contributed by atoms with van der Waals surface area (Å²) in [6.07, 6.45) is 0. The molecule has 2 N–H and O–H groups in total. The number of aromatic nitrogens is 2. The quantitative estimate of drug-likeness (QED) is 0.233. The number of aryl methyl sites for hydroxylation is 2. The number of nitrogens with one attached hydrogen (secondary N) is 2. The van der Waals surface area contributed by atoms with Crippen LogP contribution < -0.4 is 15.5 Å². The number of carbonyl (C=O) groups is 1. The monoisotopic (exact) mass is 505 g/mol. The largest absolute Gasteiger partial charge is 0.368 e. The van der Waals surface area contributed by atoms with Gasteiger partial charge in [0.15, 0.2) is 5.78 Å². The van der Waals surface area contributed by atoms with Gasteiger partial charge in [-0.2, -0.15) is 4.99 Å². The Labute approximate surface area is 215 Å². The molecule has 0 spiro atoms. The Morgan fingerprint density at radius 2 is 1.56 bits per heavy atom. The van der Waals surface area contributed by atoms with E-state index < -0.39 is 0 Å². The van der Waals surface area contributed by atoms with Gasteiger partial charge in [0, 0.05) is 54.5 Å². The van der Waals surface area contributed by atoms with Crippen LogP contribution in [0.25, 0.3) is 0 Å². The number of ketones is 1. The van der Waals surface area contributed by atoms with Crippen molar-refractivity contribution in [3.8, 4) is 0 Å². The summed E-state index contributed by atoms with van der Waals surface area (Å²) in [4.78, 5) is 29.5. The third-order valence-electron chi connectivity index (χ3n) is 5.73. The molecule has 1 aliphatic rings. The average molecular weight is 506 g/mol. The zero-order valence-corrected chi connectivity index (χ0v) is 21.3. The number of Topliss-reactive ketones (excluding diaryl/α,β-unsaturated/α-hetero) is 1. The second-order valence-electron chi connectivity index (χ2n) is 8.55. The molecule has 0 unspecified atom stereocenters. The van der Waals surface area contributed by atoms with Gasteiger partial charge in [-0.25, -0.2) is 14.4 Å². The lowest BCUT2D eigenvalue weighted by atomic mass is 10.1. The first-order valence-corrected chi connectivity index (χ1v) is 12.0. The molecule has 10 heteroatoms. The molecule has 0 amide bonds. The van der Waals surface area contributed by atoms with Gasteiger partial charge >= 0.3 is 0 Å². The first-order chi connectivity index (χ1) is 17.3. The number of halogens is 1. The van der Waals surface area contributed by atoms with E-state index in [2.05, 4.69) is 35.4 Å². The number of thiocarbonyl (C=S) groups is 1. The van der Waals surface area contributed by atoms with Gasteiger partial charge in [0.2, 0.25) is 17.0 Å². The minimum atomic E-state index is -0.249. The molecule has 186 valence electrons. The molecule has 2 aromatic carbocycles. The number of aliphatic imine (C=N–C) groups is 1. The van der Waals surface area contributed by atoms with Crippen LogP contribution in [0.3, 0.4) is 0 Å². The zero-order chi connectivity index (χ0) is 25.7. The molecule has 0 saturated carbocycles. The van der Waals surface area contributed by atoms with Crippen molar-refractivity contribution in [2.24, 2.45) is 4.99 Å². The smallest absolute Gasteiger partial charge is 0.229 e. The zero-order valence-electron chi connectivity index (χ0n) is 20.5. The van der Waals surface area contributed by atoms with Gasteiger partial charge in [0.1, 0.15) is 5.82 Å². The lowest BCUT2D eigenvalue weighted by Crippen LogP contribution is -2.51. The van der Waals surface area contributed by atoms with Gasteiger partial charge < -0.3 is 15.1 Å². The van der Waals surface area contributed by atoms with Crippen molar-refractivity contribution < 1.29 is 9.18 Å². The van der Waals surface area contributed by atoms with E-state index in [9.17, 15) is 9.18 Å². The summed E-state index contributed by atoms with van der Waals surface area (Å²) in [5.41, 5.74) is 4.03. The molecule has 0 bridgehead atoms. The van der Waals surface area contributed by atoms with Gasteiger partial charge in [0.25, 0.3) is 0 Å². The highest BCUT2D eigenvalue weighted by molar-refractivity contribution is 7.80. The molecule has 8 nitrogen and oxygen atoms in total. The number of rotatable bonds is 4. The maximum absolute atomic E-state index is 13.3. The molecule has 1 aliphatic heterocycles. The Balaban J connectivity index is 1.51. The number of anilines is 3. The number of nitrogens with zero attached hydrogens (tertiary/aromatic N) is 5. The molecule has 1 fully saturated rings. The molecule has 0 aliphatic carbocycles. The molecule has 1 aromatic heterocycles. The van der Waals surface area contributed by atoms with Gasteiger partial charge in [-0.3, -0.25) is 10.1 Å². The SMILES string of the molecule is CC(=O)c1ccc(NC(=S)/N=C(/Nc2nc(C)cc(C)n2)N2CCN(c3ccc(F)cc3)CC2)cc1. The third-order valence-corrected chi connectivity index (χ3v) is 5.92. The van der Waals surface area contributed by atoms with Crippen molar-refractivity contribution in [1.29, 1.82) is 0 Å². The highest BCUT2D eigenvalue weighted by Crippen LogP contribution is 2.18. The predicted octanol–water partition coefficient (Wildman–Crippen LogP) is 4.42. The Morgan fingerprint density at radius 3 is 2.14 bits per heavy atom. The fourth-order valence-electron chi connectivity index (χ4n) is 3.92. The Bertz CT molecular complexity index is 1250. The van der Waals surface area contributed by atoms with E-state index in [1.54, 1.807) is 36.4 Å². The first kappa shape index (κ1) is 25.2. The van der Waals surface area contributed by atoms with Gasteiger partial charge in [-0.15, -0.1) is 0 Å². The van der Waals surface area contributed by atoms with E-state index in [1.165, 1.54) is 19.1 Å². The molecule has 0 radical (unpaired) electrons. The Morgan fingerprint density at radius 1 is 0.944 bits per heavy atom. The number of piperazine rings is 1. The van der Waals surface area contributed by atoms with Crippen molar-refractivity contribution >= 4 is 46.4 Å². The van der Waals surface area contributed by atoms with E-state index in [4.69, 9.17) is 12.2 Å². The summed E-state index contributed by atoms with van der Waals surface area (Å²) >= 11 is 5.53. The molecule has 1 saturated heterocycles. The lowest BCUT2D eigenvalue weighted by Gasteiger charge is -2.37. The molecule has 2 heterocycles. The van der Waals surface area contributed by atoms with Crippen LogP contribution in [-0.4, -0.2) is 57.9 Å². The molecule has 36 heavy (non-hydrogen) atoms. The number of benzene rings is 2. The first-order valence-electron chi connectivity index (χ1n) is 11.6. The van der Waals surface area contributed by atoms with Crippen LogP contribution in [0.1, 0.15) is 28.7 Å². The predicted molar refractivity (Wildman–Crippen MR) is 145 cm³/mol. The van der Waals surface area contributed by atoms with Crippen LogP contribution in [0.5, 0.6) is 0 Å². The summed E-state index contributed by atoms with van der Waals surface area (Å²) in [6.45, 7) is 8.15. The lowest BCUT2D eigenvalue weighted by molar-refractivity contribution is 0.101. The van der Waals surface area contributed by atoms with Crippen molar-refractivity contribution in [3.05, 3.63) is 77.4 Å². The van der Waals surface area contributed by atoms with Crippen molar-refractivity contribution in [2.75, 3.05) is 41.7 Å². The minimum Gasteiger partial charge on any atom is -0.368 e. The van der Waals surface area contributed by atoms with Crippen LogP contribution in [0, 0.1) is 19.7 Å². The molecule has 3 aromatic rings. The molecule has 0 atom stereocenters. The van der Waals surface area contributed by atoms with Gasteiger partial charge in [-0.1, -0.05) is 0 Å². The Kier molecular flexibility index (Phi) is 7.84. The van der Waals surface area contributed by atoms with E-state index in [0.29, 0.717) is 30.6 Å². The maximum atomic E-state index is 13.3. The van der Waals surface area contributed by atoms with Crippen molar-refractivity contribution in [2.45, 2.75) is 20.8 Å². The summed E-state index contributed by atoms with van der Waals surface area (Å²) in [5.74, 6) is 0.737. The summed E-state index contributed by atoms with van der Waals surface area (Å²) in [6, 6.07) is 15.5. The second kappa shape index (κ2) is 11.2. The van der Waals surface area contributed by atoms with Crippen LogP contribution in [0.15, 0.2) is 59.6 Å². The van der Waals surface area contributed by atoms with Crippen LogP contribution in [-0.2, 0) is 0 Å². The summed E-state index contributed by atoms with van der Waals surface area (Å²) in [5, 5.41) is 6.61. The number of hydrogen-bond acceptors (Lipinski definition) is 5. The van der Waals surface area contributed by atoms with Crippen LogP contribution in [0.2, 0.25) is 0 Å². The summed E-state index contributed by atoms with van der Waals surface area (Å²) in [7, 11) is 0. The highest BCUT2D eigenvalue weighted by Gasteiger charge is 2.22. The number of hydrogen-bond donors (Lipinski definition) is 2. The molecule has 4 rings (SSSR count). The third kappa shape index (κ3) is 6.60. The molecular formula is C26H28FN7OS. The Hall–Kier alpha value is -3.92. The minimum absolute atomic E-state index is 0.00172. The van der Waals surface area contributed by atoms with Crippen molar-refractivity contribution in [3.63, 3.8) is 0 Å². The standard InChI is InChI=1S/C26H28FN7OS/c1-17-16-18(2)29-24(28-17)31-25(32-26(36)30-22-8-4-20(5-9-22)19(3)35)34-14-12-33(13-15-34)23-10-6-21(27)7-11-23/h4-11,16H,12-15H2,1-3H3,(H2,28,29,30,31,32,36). The normalized spacial score (nSPS) is 13.9.